The van der Waals surface area contributed by atoms with Crippen molar-refractivity contribution in [3.8, 4) is 0 Å². The van der Waals surface area contributed by atoms with Crippen molar-refractivity contribution in [3.05, 3.63) is 100 Å². The molecule has 0 saturated carbocycles. The van der Waals surface area contributed by atoms with Gasteiger partial charge in [0.25, 0.3) is 11.5 Å². The van der Waals surface area contributed by atoms with Crippen molar-refractivity contribution in [1.29, 1.82) is 0 Å². The maximum atomic E-state index is 13.0. The summed E-state index contributed by atoms with van der Waals surface area (Å²) < 4.78 is 1.42. The van der Waals surface area contributed by atoms with Crippen LogP contribution in [0.15, 0.2) is 83.8 Å². The fourth-order valence-electron chi connectivity index (χ4n) is 2.56. The summed E-state index contributed by atoms with van der Waals surface area (Å²) in [6.45, 7) is 0.404. The van der Waals surface area contributed by atoms with E-state index in [1.807, 2.05) is 60.7 Å². The van der Waals surface area contributed by atoms with Gasteiger partial charge in [0, 0.05) is 18.9 Å². The predicted octanol–water partition coefficient (Wildman–Crippen LogP) is 3.23. The van der Waals surface area contributed by atoms with Gasteiger partial charge >= 0.3 is 0 Å². The number of carbonyl (C=O) groups excluding carboxylic acids is 1. The molecule has 0 aliphatic heterocycles. The summed E-state index contributed by atoms with van der Waals surface area (Å²) in [5.74, 6) is -0.300. The number of benzene rings is 2. The lowest BCUT2D eigenvalue weighted by Crippen LogP contribution is -2.35. The van der Waals surface area contributed by atoms with Gasteiger partial charge in [0.15, 0.2) is 0 Å². The molecule has 1 amide bonds. The summed E-state index contributed by atoms with van der Waals surface area (Å²) >= 11 is 0. The monoisotopic (exact) mass is 318 g/mol. The van der Waals surface area contributed by atoms with Crippen molar-refractivity contribution in [2.75, 3.05) is 4.90 Å². The molecule has 0 unspecified atom stereocenters. The Morgan fingerprint density at radius 3 is 2.21 bits per heavy atom. The molecule has 4 heteroatoms. The number of pyridine rings is 1. The molecule has 0 aliphatic carbocycles. The summed E-state index contributed by atoms with van der Waals surface area (Å²) in [6, 6.07) is 22.4. The number of nitrogens with zero attached hydrogens (tertiary/aromatic N) is 2. The van der Waals surface area contributed by atoms with Gasteiger partial charge in [0.2, 0.25) is 0 Å². The summed E-state index contributed by atoms with van der Waals surface area (Å²) in [5, 5.41) is 0. The summed E-state index contributed by atoms with van der Waals surface area (Å²) in [7, 11) is 1.64. The Labute approximate surface area is 140 Å². The number of anilines is 1. The molecule has 0 radical (unpaired) electrons. The fraction of sp³-hybridized carbons (Fsp3) is 0.100. The molecule has 2 aromatic carbocycles. The van der Waals surface area contributed by atoms with Crippen molar-refractivity contribution in [3.63, 3.8) is 0 Å². The number of para-hydroxylation sites is 1. The number of rotatable bonds is 4. The predicted molar refractivity (Wildman–Crippen MR) is 95.1 cm³/mol. The molecule has 24 heavy (non-hydrogen) atoms. The van der Waals surface area contributed by atoms with Gasteiger partial charge in [-0.15, -0.1) is 0 Å². The van der Waals surface area contributed by atoms with Crippen LogP contribution in [0.5, 0.6) is 0 Å². The number of aryl methyl sites for hydroxylation is 1. The van der Waals surface area contributed by atoms with Gasteiger partial charge in [-0.25, -0.2) is 0 Å². The minimum atomic E-state index is -0.300. The Morgan fingerprint density at radius 2 is 1.54 bits per heavy atom. The first-order valence-electron chi connectivity index (χ1n) is 7.73. The number of hydrogen-bond donors (Lipinski definition) is 0. The van der Waals surface area contributed by atoms with Crippen molar-refractivity contribution in [2.24, 2.45) is 7.05 Å². The SMILES string of the molecule is Cn1cccc(C(=O)N(Cc2ccccc2)c2ccccc2)c1=O. The quantitative estimate of drug-likeness (QED) is 0.741. The highest BCUT2D eigenvalue weighted by Gasteiger charge is 2.21. The highest BCUT2D eigenvalue weighted by molar-refractivity contribution is 6.05. The van der Waals surface area contributed by atoms with Crippen LogP contribution in [0.1, 0.15) is 15.9 Å². The van der Waals surface area contributed by atoms with Gasteiger partial charge in [-0.05, 0) is 29.8 Å². The van der Waals surface area contributed by atoms with Gasteiger partial charge in [0.05, 0.1) is 6.54 Å². The fourth-order valence-corrected chi connectivity index (χ4v) is 2.56. The Bertz CT molecular complexity index is 886. The third kappa shape index (κ3) is 3.27. The Kier molecular flexibility index (Phi) is 4.57. The molecule has 120 valence electrons. The molecule has 0 bridgehead atoms. The standard InChI is InChI=1S/C20H18N2O2/c1-21-14-8-13-18(19(21)23)20(24)22(17-11-6-3-7-12-17)15-16-9-4-2-5-10-16/h2-14H,15H2,1H3. The van der Waals surface area contributed by atoms with E-state index in [0.29, 0.717) is 6.54 Å². The van der Waals surface area contributed by atoms with Gasteiger partial charge in [-0.2, -0.15) is 0 Å². The van der Waals surface area contributed by atoms with Crippen molar-refractivity contribution in [2.45, 2.75) is 6.54 Å². The first-order valence-corrected chi connectivity index (χ1v) is 7.73. The molecule has 0 N–H and O–H groups in total. The minimum Gasteiger partial charge on any atom is -0.318 e. The molecule has 4 nitrogen and oxygen atoms in total. The lowest BCUT2D eigenvalue weighted by molar-refractivity contribution is 0.0983. The van der Waals surface area contributed by atoms with E-state index in [2.05, 4.69) is 0 Å². The first kappa shape index (κ1) is 15.7. The van der Waals surface area contributed by atoms with Gasteiger partial charge in [-0.1, -0.05) is 48.5 Å². The molecule has 0 saturated heterocycles. The Balaban J connectivity index is 2.03. The Hall–Kier alpha value is -3.14. The van der Waals surface area contributed by atoms with E-state index >= 15 is 0 Å². The van der Waals surface area contributed by atoms with Crippen LogP contribution in [-0.4, -0.2) is 10.5 Å². The highest BCUT2D eigenvalue weighted by atomic mass is 16.2. The lowest BCUT2D eigenvalue weighted by Gasteiger charge is -2.23. The van der Waals surface area contributed by atoms with E-state index in [9.17, 15) is 9.59 Å². The number of carbonyl (C=O) groups is 1. The smallest absolute Gasteiger partial charge is 0.264 e. The van der Waals surface area contributed by atoms with E-state index in [1.54, 1.807) is 30.3 Å². The molecule has 1 aromatic heterocycles. The van der Waals surface area contributed by atoms with Crippen LogP contribution in [0.4, 0.5) is 5.69 Å². The Morgan fingerprint density at radius 1 is 0.917 bits per heavy atom. The van der Waals surface area contributed by atoms with Crippen LogP contribution < -0.4 is 10.5 Å². The molecule has 1 heterocycles. The van der Waals surface area contributed by atoms with Crippen molar-refractivity contribution >= 4 is 11.6 Å². The van der Waals surface area contributed by atoms with E-state index in [-0.39, 0.29) is 17.0 Å². The first-order chi connectivity index (χ1) is 11.7. The van der Waals surface area contributed by atoms with Gasteiger partial charge < -0.3 is 9.47 Å². The number of amides is 1. The molecule has 0 aliphatic rings. The lowest BCUT2D eigenvalue weighted by atomic mass is 10.1. The zero-order chi connectivity index (χ0) is 16.9. The number of aromatic nitrogens is 1. The van der Waals surface area contributed by atoms with E-state index in [4.69, 9.17) is 0 Å². The molecular weight excluding hydrogens is 300 g/mol. The minimum absolute atomic E-state index is 0.166. The van der Waals surface area contributed by atoms with Crippen LogP contribution in [0, 0.1) is 0 Å². The zero-order valence-corrected chi connectivity index (χ0v) is 13.4. The third-order valence-electron chi connectivity index (χ3n) is 3.85. The van der Waals surface area contributed by atoms with Crippen LogP contribution in [-0.2, 0) is 13.6 Å². The maximum absolute atomic E-state index is 13.0. The van der Waals surface area contributed by atoms with Crippen LogP contribution >= 0.6 is 0 Å². The summed E-state index contributed by atoms with van der Waals surface area (Å²) in [6.07, 6.45) is 1.64. The molecule has 0 atom stereocenters. The number of hydrogen-bond acceptors (Lipinski definition) is 2. The highest BCUT2D eigenvalue weighted by Crippen LogP contribution is 2.19. The average molecular weight is 318 g/mol. The summed E-state index contributed by atoms with van der Waals surface area (Å²) in [5.41, 5.74) is 1.64. The van der Waals surface area contributed by atoms with E-state index in [0.717, 1.165) is 11.3 Å². The maximum Gasteiger partial charge on any atom is 0.264 e. The second kappa shape index (κ2) is 6.96. The second-order valence-electron chi connectivity index (χ2n) is 5.55. The van der Waals surface area contributed by atoms with Gasteiger partial charge in [0.1, 0.15) is 5.56 Å². The largest absolute Gasteiger partial charge is 0.318 e. The average Bonchev–Trinajstić information content (AvgIpc) is 2.63. The van der Waals surface area contributed by atoms with Crippen LogP contribution in [0.3, 0.4) is 0 Å². The molecule has 3 rings (SSSR count). The topological polar surface area (TPSA) is 42.3 Å². The molecular formula is C20H18N2O2. The summed E-state index contributed by atoms with van der Waals surface area (Å²) in [4.78, 5) is 27.0. The zero-order valence-electron chi connectivity index (χ0n) is 13.4. The second-order valence-corrected chi connectivity index (χ2v) is 5.55. The van der Waals surface area contributed by atoms with Crippen molar-refractivity contribution < 1.29 is 4.79 Å². The molecule has 3 aromatic rings. The van der Waals surface area contributed by atoms with Gasteiger partial charge in [-0.3, -0.25) is 9.59 Å². The van der Waals surface area contributed by atoms with Crippen LogP contribution in [0.25, 0.3) is 0 Å². The molecule has 0 spiro atoms. The third-order valence-corrected chi connectivity index (χ3v) is 3.85. The van der Waals surface area contributed by atoms with Crippen LogP contribution in [0.2, 0.25) is 0 Å². The normalized spacial score (nSPS) is 10.4. The van der Waals surface area contributed by atoms with E-state index in [1.165, 1.54) is 4.57 Å². The molecule has 0 fully saturated rings. The van der Waals surface area contributed by atoms with Crippen molar-refractivity contribution in [1.82, 2.24) is 4.57 Å². The van der Waals surface area contributed by atoms with E-state index < -0.39 is 0 Å².